The van der Waals surface area contributed by atoms with Crippen molar-refractivity contribution in [2.75, 3.05) is 4.90 Å². The summed E-state index contributed by atoms with van der Waals surface area (Å²) in [6.07, 6.45) is 0. The van der Waals surface area contributed by atoms with Crippen LogP contribution in [0.1, 0.15) is 25.0 Å². The summed E-state index contributed by atoms with van der Waals surface area (Å²) >= 11 is 0. The quantitative estimate of drug-likeness (QED) is 0.201. The van der Waals surface area contributed by atoms with Crippen molar-refractivity contribution in [1.82, 2.24) is 0 Å². The molecule has 0 aliphatic heterocycles. The number of hydrogen-bond acceptors (Lipinski definition) is 1. The van der Waals surface area contributed by atoms with Crippen LogP contribution in [0.15, 0.2) is 164 Å². The topological polar surface area (TPSA) is 3.24 Å². The molecular formula is C43H33N. The molecule has 1 aliphatic carbocycles. The van der Waals surface area contributed by atoms with Crippen LogP contribution in [-0.4, -0.2) is 0 Å². The molecule has 1 nitrogen and oxygen atoms in total. The van der Waals surface area contributed by atoms with Gasteiger partial charge >= 0.3 is 0 Å². The highest BCUT2D eigenvalue weighted by Crippen LogP contribution is 2.57. The van der Waals surface area contributed by atoms with E-state index in [0.717, 1.165) is 11.4 Å². The molecule has 0 N–H and O–H groups in total. The monoisotopic (exact) mass is 563 g/mol. The lowest BCUT2D eigenvalue weighted by Crippen LogP contribution is -2.16. The smallest absolute Gasteiger partial charge is 0.0543 e. The molecule has 0 radical (unpaired) electrons. The molecule has 44 heavy (non-hydrogen) atoms. The van der Waals surface area contributed by atoms with Crippen LogP contribution in [-0.2, 0) is 5.41 Å². The van der Waals surface area contributed by atoms with Crippen LogP contribution >= 0.6 is 0 Å². The summed E-state index contributed by atoms with van der Waals surface area (Å²) < 4.78 is 0. The molecule has 0 saturated heterocycles. The maximum absolute atomic E-state index is 2.46. The molecule has 0 atom stereocenters. The molecule has 0 spiro atoms. The molecule has 7 aromatic rings. The zero-order chi connectivity index (χ0) is 29.7. The highest BCUT2D eigenvalue weighted by molar-refractivity contribution is 6.08. The molecule has 7 aromatic carbocycles. The fourth-order valence-corrected chi connectivity index (χ4v) is 7.28. The van der Waals surface area contributed by atoms with E-state index < -0.39 is 0 Å². The molecule has 210 valence electrons. The number of benzene rings is 7. The van der Waals surface area contributed by atoms with Crippen LogP contribution in [0.5, 0.6) is 0 Å². The zero-order valence-corrected chi connectivity index (χ0v) is 25.0. The van der Waals surface area contributed by atoms with E-state index in [2.05, 4.69) is 183 Å². The number of fused-ring (bicyclic) bond motifs is 5. The van der Waals surface area contributed by atoms with Crippen molar-refractivity contribution >= 4 is 27.8 Å². The number of rotatable bonds is 5. The Hall–Kier alpha value is -5.40. The zero-order valence-electron chi connectivity index (χ0n) is 25.0. The Morgan fingerprint density at radius 2 is 0.977 bits per heavy atom. The van der Waals surface area contributed by atoms with Gasteiger partial charge in [0.15, 0.2) is 0 Å². The first-order valence-electron chi connectivity index (χ1n) is 15.4. The molecule has 0 unspecified atom stereocenters. The third kappa shape index (κ3) is 4.08. The summed E-state index contributed by atoms with van der Waals surface area (Å²) in [5.41, 5.74) is 13.6. The first kappa shape index (κ1) is 26.2. The van der Waals surface area contributed by atoms with Crippen molar-refractivity contribution in [2.24, 2.45) is 0 Å². The Morgan fingerprint density at radius 3 is 1.68 bits per heavy atom. The number of hydrogen-bond donors (Lipinski definition) is 0. The number of nitrogens with zero attached hydrogens (tertiary/aromatic N) is 1. The van der Waals surface area contributed by atoms with Crippen molar-refractivity contribution in [3.8, 4) is 33.4 Å². The Labute approximate surface area is 259 Å². The molecule has 0 aromatic heterocycles. The summed E-state index contributed by atoms with van der Waals surface area (Å²) in [5.74, 6) is 0. The molecule has 0 saturated carbocycles. The molecule has 0 fully saturated rings. The van der Waals surface area contributed by atoms with Gasteiger partial charge in [-0.25, -0.2) is 0 Å². The average Bonchev–Trinajstić information content (AvgIpc) is 3.33. The predicted octanol–water partition coefficient (Wildman–Crippen LogP) is 11.9. The highest BCUT2D eigenvalue weighted by atomic mass is 15.1. The number of anilines is 3. The minimum absolute atomic E-state index is 0.170. The maximum Gasteiger partial charge on any atom is 0.0543 e. The van der Waals surface area contributed by atoms with Crippen LogP contribution in [0.25, 0.3) is 44.2 Å². The van der Waals surface area contributed by atoms with Crippen LogP contribution in [0.3, 0.4) is 0 Å². The van der Waals surface area contributed by atoms with Crippen LogP contribution < -0.4 is 4.90 Å². The second kappa shape index (κ2) is 10.4. The molecular weight excluding hydrogens is 530 g/mol. The third-order valence-electron chi connectivity index (χ3n) is 9.22. The van der Waals surface area contributed by atoms with Gasteiger partial charge < -0.3 is 4.90 Å². The number of para-hydroxylation sites is 2. The van der Waals surface area contributed by atoms with Crippen molar-refractivity contribution in [2.45, 2.75) is 19.3 Å². The van der Waals surface area contributed by atoms with Crippen LogP contribution in [0, 0.1) is 0 Å². The normalized spacial score (nSPS) is 13.0. The van der Waals surface area contributed by atoms with Crippen molar-refractivity contribution in [3.05, 3.63) is 175 Å². The standard InChI is InChI=1S/C43H33N/c1-43(2)38-26-16-28-40(41(38)37-29-36(31-19-8-4-9-20-31)34-24-12-13-25-35(34)42(37)43)44(32-21-10-5-11-22-32)39-27-15-14-23-33(39)30-17-6-3-7-18-30/h3-29H,1-2H3. The van der Waals surface area contributed by atoms with Crippen LogP contribution in [0.4, 0.5) is 17.1 Å². The maximum atomic E-state index is 2.46. The highest BCUT2D eigenvalue weighted by Gasteiger charge is 2.40. The minimum atomic E-state index is -0.170. The van der Waals surface area contributed by atoms with E-state index in [1.807, 2.05) is 0 Å². The van der Waals surface area contributed by atoms with Gasteiger partial charge in [0.25, 0.3) is 0 Å². The lowest BCUT2D eigenvalue weighted by atomic mass is 9.79. The summed E-state index contributed by atoms with van der Waals surface area (Å²) in [6.45, 7) is 4.78. The molecule has 0 bridgehead atoms. The largest absolute Gasteiger partial charge is 0.309 e. The Bertz CT molecular complexity index is 2130. The van der Waals surface area contributed by atoms with Gasteiger partial charge in [0.2, 0.25) is 0 Å². The van der Waals surface area contributed by atoms with E-state index in [1.165, 1.54) is 61.0 Å². The van der Waals surface area contributed by atoms with Crippen molar-refractivity contribution < 1.29 is 0 Å². The first-order chi connectivity index (χ1) is 21.6. The SMILES string of the molecule is CC1(C)c2cccc(N(c3ccccc3)c3ccccc3-c3ccccc3)c2-c2cc(-c3ccccc3)c3ccccc3c21. The van der Waals surface area contributed by atoms with E-state index in [1.54, 1.807) is 0 Å². The summed E-state index contributed by atoms with van der Waals surface area (Å²) in [7, 11) is 0. The van der Waals surface area contributed by atoms with E-state index in [0.29, 0.717) is 0 Å². The van der Waals surface area contributed by atoms with E-state index >= 15 is 0 Å². The van der Waals surface area contributed by atoms with E-state index in [4.69, 9.17) is 0 Å². The predicted molar refractivity (Wildman–Crippen MR) is 187 cm³/mol. The molecule has 1 aliphatic rings. The second-order valence-electron chi connectivity index (χ2n) is 12.1. The first-order valence-corrected chi connectivity index (χ1v) is 15.4. The van der Waals surface area contributed by atoms with Gasteiger partial charge in [0.1, 0.15) is 0 Å². The molecule has 0 heterocycles. The van der Waals surface area contributed by atoms with Gasteiger partial charge in [-0.15, -0.1) is 0 Å². The fraction of sp³-hybridized carbons (Fsp3) is 0.0698. The van der Waals surface area contributed by atoms with E-state index in [9.17, 15) is 0 Å². The molecule has 1 heteroatoms. The fourth-order valence-electron chi connectivity index (χ4n) is 7.28. The summed E-state index contributed by atoms with van der Waals surface area (Å²) in [5, 5.41) is 2.63. The Morgan fingerprint density at radius 1 is 0.432 bits per heavy atom. The summed E-state index contributed by atoms with van der Waals surface area (Å²) in [4.78, 5) is 2.46. The third-order valence-corrected chi connectivity index (χ3v) is 9.22. The Kier molecular flexibility index (Phi) is 6.20. The average molecular weight is 564 g/mol. The van der Waals surface area contributed by atoms with E-state index in [-0.39, 0.29) is 5.41 Å². The van der Waals surface area contributed by atoms with Gasteiger partial charge in [-0.2, -0.15) is 0 Å². The molecule has 8 rings (SSSR count). The van der Waals surface area contributed by atoms with Gasteiger partial charge in [-0.3, -0.25) is 0 Å². The molecule has 0 amide bonds. The lowest BCUT2D eigenvalue weighted by Gasteiger charge is -2.30. The van der Waals surface area contributed by atoms with Gasteiger partial charge in [0, 0.05) is 22.2 Å². The van der Waals surface area contributed by atoms with Gasteiger partial charge in [0.05, 0.1) is 11.4 Å². The second-order valence-corrected chi connectivity index (χ2v) is 12.1. The minimum Gasteiger partial charge on any atom is -0.309 e. The van der Waals surface area contributed by atoms with Crippen LogP contribution in [0.2, 0.25) is 0 Å². The van der Waals surface area contributed by atoms with Gasteiger partial charge in [-0.1, -0.05) is 147 Å². The Balaban J connectivity index is 1.46. The van der Waals surface area contributed by atoms with Crippen molar-refractivity contribution in [1.29, 1.82) is 0 Å². The van der Waals surface area contributed by atoms with Gasteiger partial charge in [-0.05, 0) is 74.5 Å². The summed E-state index contributed by atoms with van der Waals surface area (Å²) in [6, 6.07) is 59.4. The lowest BCUT2D eigenvalue weighted by molar-refractivity contribution is 0.666. The van der Waals surface area contributed by atoms with Crippen molar-refractivity contribution in [3.63, 3.8) is 0 Å².